The van der Waals surface area contributed by atoms with Crippen molar-refractivity contribution >= 4 is 31.6 Å². The van der Waals surface area contributed by atoms with Crippen molar-refractivity contribution < 1.29 is 17.6 Å². The summed E-state index contributed by atoms with van der Waals surface area (Å²) < 4.78 is 37.9. The van der Waals surface area contributed by atoms with E-state index in [-0.39, 0.29) is 10.5 Å². The van der Waals surface area contributed by atoms with Crippen LogP contribution in [0.2, 0.25) is 0 Å². The average molecular weight is 357 g/mol. The van der Waals surface area contributed by atoms with E-state index < -0.39 is 27.2 Å². The highest BCUT2D eigenvalue weighted by atomic mass is 79.9. The maximum atomic E-state index is 13.0. The molecule has 20 heavy (non-hydrogen) atoms. The topological polar surface area (TPSA) is 51.2 Å². The molecule has 0 aliphatic carbocycles. The molecule has 0 unspecified atom stereocenters. The molecule has 2 rings (SSSR count). The van der Waals surface area contributed by atoms with Gasteiger partial charge in [0.15, 0.2) is 15.6 Å². The number of benzene rings is 2. The van der Waals surface area contributed by atoms with E-state index in [4.69, 9.17) is 0 Å². The maximum absolute atomic E-state index is 13.0. The van der Waals surface area contributed by atoms with Gasteiger partial charge in [0.05, 0.1) is 4.90 Å². The molecule has 0 atom stereocenters. The number of carbonyl (C=O) groups excluding carboxylic acids is 1. The number of hydrogen-bond acceptors (Lipinski definition) is 3. The Labute approximate surface area is 124 Å². The number of carbonyl (C=O) groups is 1. The van der Waals surface area contributed by atoms with E-state index in [2.05, 4.69) is 15.9 Å². The quantitative estimate of drug-likeness (QED) is 0.790. The lowest BCUT2D eigenvalue weighted by atomic mass is 10.1. The van der Waals surface area contributed by atoms with Crippen molar-refractivity contribution in [3.05, 3.63) is 64.4 Å². The number of rotatable bonds is 4. The molecule has 0 saturated carbocycles. The van der Waals surface area contributed by atoms with Gasteiger partial charge >= 0.3 is 0 Å². The fourth-order valence-corrected chi connectivity index (χ4v) is 3.48. The second-order valence-corrected chi connectivity index (χ2v) is 7.06. The molecule has 0 heterocycles. The van der Waals surface area contributed by atoms with Gasteiger partial charge in [0.25, 0.3) is 0 Å². The molecule has 0 radical (unpaired) electrons. The third-order valence-electron chi connectivity index (χ3n) is 2.62. The second kappa shape index (κ2) is 5.85. The number of hydrogen-bond donors (Lipinski definition) is 0. The van der Waals surface area contributed by atoms with E-state index in [1.165, 1.54) is 30.3 Å². The molecule has 6 heteroatoms. The molecular weight excluding hydrogens is 347 g/mol. The van der Waals surface area contributed by atoms with Gasteiger partial charge in [-0.3, -0.25) is 4.79 Å². The molecule has 0 N–H and O–H groups in total. The van der Waals surface area contributed by atoms with Crippen molar-refractivity contribution in [2.24, 2.45) is 0 Å². The van der Waals surface area contributed by atoms with Crippen LogP contribution in [0.25, 0.3) is 0 Å². The highest BCUT2D eigenvalue weighted by Crippen LogP contribution is 2.18. The average Bonchev–Trinajstić information content (AvgIpc) is 2.38. The third kappa shape index (κ3) is 3.52. The van der Waals surface area contributed by atoms with Crippen LogP contribution >= 0.6 is 15.9 Å². The van der Waals surface area contributed by atoms with Crippen molar-refractivity contribution in [3.8, 4) is 0 Å². The van der Waals surface area contributed by atoms with Crippen LogP contribution < -0.4 is 0 Å². The first-order valence-corrected chi connectivity index (χ1v) is 8.10. The zero-order chi connectivity index (χ0) is 14.8. The van der Waals surface area contributed by atoms with Gasteiger partial charge in [0.2, 0.25) is 0 Å². The van der Waals surface area contributed by atoms with Gasteiger partial charge in [-0.05, 0) is 30.3 Å². The molecule has 0 bridgehead atoms. The predicted molar refractivity (Wildman–Crippen MR) is 76.9 cm³/mol. The van der Waals surface area contributed by atoms with Gasteiger partial charge < -0.3 is 0 Å². The lowest BCUT2D eigenvalue weighted by Crippen LogP contribution is -2.16. The van der Waals surface area contributed by atoms with Gasteiger partial charge in [-0.25, -0.2) is 12.8 Å². The van der Waals surface area contributed by atoms with Crippen molar-refractivity contribution in [3.63, 3.8) is 0 Å². The Morgan fingerprint density at radius 2 is 1.80 bits per heavy atom. The standard InChI is InChI=1S/C14H10BrFO3S/c15-11-4-2-6-13(8-11)20(18,19)9-14(17)10-3-1-5-12(16)7-10/h1-8H,9H2. The van der Waals surface area contributed by atoms with Gasteiger partial charge in [-0.15, -0.1) is 0 Å². The lowest BCUT2D eigenvalue weighted by molar-refractivity contribution is 0.102. The zero-order valence-corrected chi connectivity index (χ0v) is 12.6. The Kier molecular flexibility index (Phi) is 4.35. The first-order valence-electron chi connectivity index (χ1n) is 5.65. The lowest BCUT2D eigenvalue weighted by Gasteiger charge is -2.05. The molecule has 2 aromatic carbocycles. The van der Waals surface area contributed by atoms with Crippen molar-refractivity contribution in [1.29, 1.82) is 0 Å². The summed E-state index contributed by atoms with van der Waals surface area (Å²) in [5.74, 6) is -1.90. The molecule has 2 aromatic rings. The molecule has 3 nitrogen and oxygen atoms in total. The molecule has 0 aliphatic heterocycles. The first kappa shape index (κ1) is 14.9. The maximum Gasteiger partial charge on any atom is 0.185 e. The van der Waals surface area contributed by atoms with Crippen LogP contribution in [0.4, 0.5) is 4.39 Å². The smallest absolute Gasteiger partial charge is 0.185 e. The normalized spacial score (nSPS) is 11.3. The van der Waals surface area contributed by atoms with Crippen LogP contribution in [-0.4, -0.2) is 20.0 Å². The summed E-state index contributed by atoms with van der Waals surface area (Å²) in [6.45, 7) is 0. The SMILES string of the molecule is O=C(CS(=O)(=O)c1cccc(Br)c1)c1cccc(F)c1. The molecule has 0 spiro atoms. The number of Topliss-reactive ketones (excluding diaryl/α,β-unsaturated/α-hetero) is 1. The fraction of sp³-hybridized carbons (Fsp3) is 0.0714. The van der Waals surface area contributed by atoms with E-state index in [0.29, 0.717) is 4.47 Å². The van der Waals surface area contributed by atoms with Crippen LogP contribution in [0.15, 0.2) is 57.9 Å². The Morgan fingerprint density at radius 1 is 1.10 bits per heavy atom. The first-order chi connectivity index (χ1) is 9.38. The highest BCUT2D eigenvalue weighted by molar-refractivity contribution is 9.10. The molecule has 0 aliphatic rings. The fourth-order valence-electron chi connectivity index (χ4n) is 1.66. The minimum absolute atomic E-state index is 0.0450. The summed E-state index contributed by atoms with van der Waals surface area (Å²) in [6.07, 6.45) is 0. The summed E-state index contributed by atoms with van der Waals surface area (Å²) in [7, 11) is -3.74. The predicted octanol–water partition coefficient (Wildman–Crippen LogP) is 3.24. The third-order valence-corrected chi connectivity index (χ3v) is 4.73. The van der Waals surface area contributed by atoms with E-state index in [1.54, 1.807) is 12.1 Å². The molecular formula is C14H10BrFO3S. The van der Waals surface area contributed by atoms with Gasteiger partial charge in [-0.1, -0.05) is 34.1 Å². The van der Waals surface area contributed by atoms with Gasteiger partial charge in [0, 0.05) is 10.0 Å². The van der Waals surface area contributed by atoms with Crippen LogP contribution in [0.3, 0.4) is 0 Å². The van der Waals surface area contributed by atoms with Gasteiger partial charge in [-0.2, -0.15) is 0 Å². The monoisotopic (exact) mass is 356 g/mol. The molecule has 0 fully saturated rings. The second-order valence-electron chi connectivity index (χ2n) is 4.15. The van der Waals surface area contributed by atoms with Crippen LogP contribution in [0, 0.1) is 5.82 Å². The zero-order valence-electron chi connectivity index (χ0n) is 10.2. The van der Waals surface area contributed by atoms with Crippen LogP contribution in [-0.2, 0) is 9.84 Å². The van der Waals surface area contributed by atoms with E-state index in [0.717, 1.165) is 6.07 Å². The molecule has 0 saturated heterocycles. The summed E-state index contributed by atoms with van der Waals surface area (Å²) in [5.41, 5.74) is 0.0450. The van der Waals surface area contributed by atoms with Gasteiger partial charge in [0.1, 0.15) is 11.6 Å². The van der Waals surface area contributed by atoms with Crippen LogP contribution in [0.1, 0.15) is 10.4 Å². The Morgan fingerprint density at radius 3 is 2.45 bits per heavy atom. The molecule has 104 valence electrons. The van der Waals surface area contributed by atoms with Crippen molar-refractivity contribution in [2.75, 3.05) is 5.75 Å². The molecule has 0 aromatic heterocycles. The molecule has 0 amide bonds. The summed E-state index contributed by atoms with van der Waals surface area (Å²) in [5, 5.41) is 0. The minimum atomic E-state index is -3.74. The van der Waals surface area contributed by atoms with E-state index >= 15 is 0 Å². The van der Waals surface area contributed by atoms with Crippen molar-refractivity contribution in [1.82, 2.24) is 0 Å². The van der Waals surface area contributed by atoms with E-state index in [9.17, 15) is 17.6 Å². The highest BCUT2D eigenvalue weighted by Gasteiger charge is 2.20. The minimum Gasteiger partial charge on any atom is -0.293 e. The summed E-state index contributed by atoms with van der Waals surface area (Å²) in [6, 6.07) is 11.1. The number of ketones is 1. The van der Waals surface area contributed by atoms with E-state index in [1.807, 2.05) is 0 Å². The van der Waals surface area contributed by atoms with Crippen molar-refractivity contribution in [2.45, 2.75) is 4.90 Å². The number of sulfone groups is 1. The summed E-state index contributed by atoms with van der Waals surface area (Å²) in [4.78, 5) is 12.0. The number of halogens is 2. The Bertz CT molecular complexity index is 757. The largest absolute Gasteiger partial charge is 0.293 e. The summed E-state index contributed by atoms with van der Waals surface area (Å²) >= 11 is 3.18. The Hall–Kier alpha value is -1.53. The Balaban J connectivity index is 2.27. The van der Waals surface area contributed by atoms with Crippen LogP contribution in [0.5, 0.6) is 0 Å².